The number of hydrogen-bond acceptors (Lipinski definition) is 6. The molecule has 0 radical (unpaired) electrons. The largest absolute Gasteiger partial charge is 0.453 e. The van der Waals surface area contributed by atoms with Gasteiger partial charge in [-0.2, -0.15) is 0 Å². The Kier molecular flexibility index (Phi) is 5.82. The van der Waals surface area contributed by atoms with E-state index in [4.69, 9.17) is 11.5 Å². The molecule has 0 aromatic carbocycles. The van der Waals surface area contributed by atoms with E-state index < -0.39 is 24.1 Å². The summed E-state index contributed by atoms with van der Waals surface area (Å²) in [6.07, 6.45) is -0.994. The van der Waals surface area contributed by atoms with Crippen LogP contribution in [-0.4, -0.2) is 37.2 Å². The van der Waals surface area contributed by atoms with Gasteiger partial charge in [-0.05, 0) is 13.8 Å². The van der Waals surface area contributed by atoms with E-state index in [1.807, 2.05) is 0 Å². The molecule has 0 bridgehead atoms. The van der Waals surface area contributed by atoms with E-state index in [-0.39, 0.29) is 13.1 Å². The molecule has 0 amide bonds. The maximum absolute atomic E-state index is 11.0. The maximum Gasteiger partial charge on any atom is 0.417 e. The summed E-state index contributed by atoms with van der Waals surface area (Å²) in [5.74, 6) is -2.08. The molecule has 0 saturated heterocycles. The molecular weight excluding hydrogens is 188 g/mol. The second-order valence-electron chi connectivity index (χ2n) is 2.90. The van der Waals surface area contributed by atoms with E-state index >= 15 is 0 Å². The van der Waals surface area contributed by atoms with Gasteiger partial charge in [-0.3, -0.25) is 0 Å². The van der Waals surface area contributed by atoms with Gasteiger partial charge in [0.25, 0.3) is 0 Å². The first-order valence-electron chi connectivity index (χ1n) is 4.33. The molecule has 0 fully saturated rings. The Hall–Kier alpha value is -1.14. The van der Waals surface area contributed by atoms with Crippen LogP contribution in [0.5, 0.6) is 0 Å². The van der Waals surface area contributed by atoms with E-state index in [2.05, 4.69) is 9.47 Å². The number of carbonyl (C=O) groups is 2. The third-order valence-corrected chi connectivity index (χ3v) is 1.45. The zero-order valence-electron chi connectivity index (χ0n) is 8.36. The van der Waals surface area contributed by atoms with E-state index in [1.165, 1.54) is 0 Å². The van der Waals surface area contributed by atoms with Gasteiger partial charge in [0, 0.05) is 13.1 Å². The molecule has 14 heavy (non-hydrogen) atoms. The van der Waals surface area contributed by atoms with Crippen molar-refractivity contribution in [3.8, 4) is 0 Å². The van der Waals surface area contributed by atoms with Crippen molar-refractivity contribution in [2.24, 2.45) is 11.5 Å². The van der Waals surface area contributed by atoms with Crippen LogP contribution >= 0.6 is 0 Å². The van der Waals surface area contributed by atoms with Crippen LogP contribution in [0, 0.1) is 0 Å². The molecule has 0 aliphatic heterocycles. The third kappa shape index (κ3) is 4.78. The van der Waals surface area contributed by atoms with Crippen LogP contribution in [0.3, 0.4) is 0 Å². The molecule has 6 heteroatoms. The number of esters is 2. The average molecular weight is 204 g/mol. The van der Waals surface area contributed by atoms with Crippen LogP contribution < -0.4 is 11.5 Å². The molecule has 0 aromatic heterocycles. The lowest BCUT2D eigenvalue weighted by Gasteiger charge is -2.12. The van der Waals surface area contributed by atoms with E-state index in [0.717, 1.165) is 0 Å². The first-order valence-corrected chi connectivity index (χ1v) is 4.33. The zero-order chi connectivity index (χ0) is 11.1. The van der Waals surface area contributed by atoms with Crippen LogP contribution in [0.4, 0.5) is 0 Å². The number of hydrogen-bond donors (Lipinski definition) is 2. The summed E-state index contributed by atoms with van der Waals surface area (Å²) in [6, 6.07) is 0. The second kappa shape index (κ2) is 6.33. The molecule has 2 atom stereocenters. The number of carbonyl (C=O) groups excluding carboxylic acids is 2. The lowest BCUT2D eigenvalue weighted by Crippen LogP contribution is -2.32. The summed E-state index contributed by atoms with van der Waals surface area (Å²) in [5, 5.41) is 0. The summed E-state index contributed by atoms with van der Waals surface area (Å²) < 4.78 is 9.25. The van der Waals surface area contributed by atoms with Crippen molar-refractivity contribution in [1.82, 2.24) is 0 Å². The Balaban J connectivity index is 3.94. The van der Waals surface area contributed by atoms with Gasteiger partial charge < -0.3 is 20.9 Å². The summed E-state index contributed by atoms with van der Waals surface area (Å²) in [7, 11) is 0. The molecular formula is C8H16N2O4. The summed E-state index contributed by atoms with van der Waals surface area (Å²) in [5.41, 5.74) is 10.4. The van der Waals surface area contributed by atoms with Gasteiger partial charge in [0.15, 0.2) is 0 Å². The number of rotatable bonds is 4. The van der Waals surface area contributed by atoms with E-state index in [0.29, 0.717) is 0 Å². The van der Waals surface area contributed by atoms with Crippen molar-refractivity contribution >= 4 is 11.9 Å². The first-order chi connectivity index (χ1) is 6.51. The fraction of sp³-hybridized carbons (Fsp3) is 0.750. The zero-order valence-corrected chi connectivity index (χ0v) is 8.36. The Bertz CT molecular complexity index is 186. The van der Waals surface area contributed by atoms with Gasteiger partial charge in [-0.15, -0.1) is 0 Å². The lowest BCUT2D eigenvalue weighted by molar-refractivity contribution is -0.172. The highest BCUT2D eigenvalue weighted by Gasteiger charge is 2.21. The average Bonchev–Trinajstić information content (AvgIpc) is 2.17. The number of ether oxygens (including phenoxy) is 2. The monoisotopic (exact) mass is 204 g/mol. The van der Waals surface area contributed by atoms with Crippen LogP contribution in [0.1, 0.15) is 13.8 Å². The molecule has 0 aromatic rings. The van der Waals surface area contributed by atoms with Crippen LogP contribution in [0.2, 0.25) is 0 Å². The van der Waals surface area contributed by atoms with E-state index in [1.54, 1.807) is 13.8 Å². The highest BCUT2D eigenvalue weighted by atomic mass is 16.6. The molecule has 0 rings (SSSR count). The molecule has 0 spiro atoms. The van der Waals surface area contributed by atoms with Crippen molar-refractivity contribution in [2.45, 2.75) is 26.1 Å². The lowest BCUT2D eigenvalue weighted by atomic mass is 10.4. The van der Waals surface area contributed by atoms with Crippen molar-refractivity contribution in [2.75, 3.05) is 13.1 Å². The predicted molar refractivity (Wildman–Crippen MR) is 49.2 cm³/mol. The van der Waals surface area contributed by atoms with Gasteiger partial charge in [-0.1, -0.05) is 0 Å². The number of nitrogens with two attached hydrogens (primary N) is 2. The van der Waals surface area contributed by atoms with Crippen molar-refractivity contribution < 1.29 is 19.1 Å². The normalized spacial score (nSPS) is 14.3. The molecule has 6 nitrogen and oxygen atoms in total. The van der Waals surface area contributed by atoms with Gasteiger partial charge in [0.1, 0.15) is 12.2 Å². The molecule has 0 aliphatic rings. The highest BCUT2D eigenvalue weighted by molar-refractivity contribution is 6.29. The molecule has 0 saturated carbocycles. The minimum absolute atomic E-state index is 0.158. The van der Waals surface area contributed by atoms with Crippen LogP contribution in [0.25, 0.3) is 0 Å². The smallest absolute Gasteiger partial charge is 0.417 e. The molecule has 4 N–H and O–H groups in total. The summed E-state index contributed by atoms with van der Waals surface area (Å²) >= 11 is 0. The minimum Gasteiger partial charge on any atom is -0.453 e. The Morgan fingerprint density at radius 3 is 1.50 bits per heavy atom. The first kappa shape index (κ1) is 12.9. The quantitative estimate of drug-likeness (QED) is 0.438. The summed E-state index contributed by atoms with van der Waals surface area (Å²) in [4.78, 5) is 21.9. The van der Waals surface area contributed by atoms with E-state index in [9.17, 15) is 9.59 Å². The molecule has 0 heterocycles. The third-order valence-electron chi connectivity index (χ3n) is 1.45. The Morgan fingerprint density at radius 1 is 1.00 bits per heavy atom. The van der Waals surface area contributed by atoms with Gasteiger partial charge in [-0.25, -0.2) is 9.59 Å². The van der Waals surface area contributed by atoms with Crippen molar-refractivity contribution in [1.29, 1.82) is 0 Å². The topological polar surface area (TPSA) is 105 Å². The second-order valence-corrected chi connectivity index (χ2v) is 2.90. The molecule has 2 unspecified atom stereocenters. The van der Waals surface area contributed by atoms with Crippen LogP contribution in [-0.2, 0) is 19.1 Å². The minimum atomic E-state index is -1.04. The fourth-order valence-corrected chi connectivity index (χ4v) is 0.558. The predicted octanol–water partition coefficient (Wildman–Crippen LogP) is -1.23. The Morgan fingerprint density at radius 2 is 1.29 bits per heavy atom. The standard InChI is InChI=1S/C8H16N2O4/c1-5(3-9)13-7(11)8(12)14-6(2)4-10/h5-6H,3-4,9-10H2,1-2H3. The highest BCUT2D eigenvalue weighted by Crippen LogP contribution is 1.94. The van der Waals surface area contributed by atoms with Gasteiger partial charge >= 0.3 is 11.9 Å². The van der Waals surface area contributed by atoms with Gasteiger partial charge in [0.05, 0.1) is 0 Å². The maximum atomic E-state index is 11.0. The summed E-state index contributed by atoms with van der Waals surface area (Å²) in [6.45, 7) is 3.48. The molecule has 82 valence electrons. The van der Waals surface area contributed by atoms with Crippen molar-refractivity contribution in [3.05, 3.63) is 0 Å². The van der Waals surface area contributed by atoms with Crippen molar-refractivity contribution in [3.63, 3.8) is 0 Å². The van der Waals surface area contributed by atoms with Gasteiger partial charge in [0.2, 0.25) is 0 Å². The van der Waals surface area contributed by atoms with Crippen LogP contribution in [0.15, 0.2) is 0 Å². The Labute approximate surface area is 82.5 Å². The fourth-order valence-electron chi connectivity index (χ4n) is 0.558. The SMILES string of the molecule is CC(CN)OC(=O)C(=O)OC(C)CN. The molecule has 0 aliphatic carbocycles.